The Hall–Kier alpha value is -2.25. The average Bonchev–Trinajstić information content (AvgIpc) is 2.44. The minimum Gasteiger partial charge on any atom is -0.508 e. The molecule has 0 aliphatic heterocycles. The number of rotatable bonds is 4. The Balaban J connectivity index is 2.25. The molecule has 0 aliphatic rings. The van der Waals surface area contributed by atoms with Gasteiger partial charge in [-0.25, -0.2) is 8.42 Å². The quantitative estimate of drug-likeness (QED) is 0.586. The van der Waals surface area contributed by atoms with Gasteiger partial charge in [0.25, 0.3) is 0 Å². The summed E-state index contributed by atoms with van der Waals surface area (Å²) in [6, 6.07) is 10.0. The van der Waals surface area contributed by atoms with Gasteiger partial charge >= 0.3 is 0 Å². The van der Waals surface area contributed by atoms with Gasteiger partial charge in [-0.2, -0.15) is 4.31 Å². The summed E-state index contributed by atoms with van der Waals surface area (Å²) in [5, 5.41) is 18.6. The predicted molar refractivity (Wildman–Crippen MR) is 79.3 cm³/mol. The lowest BCUT2D eigenvalue weighted by atomic mass is 10.2. The van der Waals surface area contributed by atoms with Crippen LogP contribution in [0.2, 0.25) is 0 Å². The number of hydrogen-bond acceptors (Lipinski definition) is 5. The molecule has 0 saturated heterocycles. The molecule has 0 spiro atoms. The number of sulfonamides is 1. The molecule has 112 valence electrons. The van der Waals surface area contributed by atoms with Gasteiger partial charge in [0.1, 0.15) is 11.5 Å². The molecule has 6 nitrogen and oxygen atoms in total. The number of nitrogens with zero attached hydrogens (tertiary/aromatic N) is 1. The summed E-state index contributed by atoms with van der Waals surface area (Å²) >= 11 is 0. The van der Waals surface area contributed by atoms with Gasteiger partial charge in [-0.3, -0.25) is 0 Å². The van der Waals surface area contributed by atoms with Crippen LogP contribution in [0, 0.1) is 0 Å². The Morgan fingerprint density at radius 2 is 1.71 bits per heavy atom. The molecule has 0 radical (unpaired) electrons. The van der Waals surface area contributed by atoms with Crippen LogP contribution in [0.3, 0.4) is 0 Å². The number of nitrogens with two attached hydrogens (primary N) is 1. The first kappa shape index (κ1) is 15.1. The highest BCUT2D eigenvalue weighted by molar-refractivity contribution is 7.89. The van der Waals surface area contributed by atoms with E-state index in [1.807, 2.05) is 0 Å². The largest absolute Gasteiger partial charge is 0.508 e. The van der Waals surface area contributed by atoms with E-state index in [2.05, 4.69) is 0 Å². The van der Waals surface area contributed by atoms with Crippen LogP contribution >= 0.6 is 0 Å². The molecule has 0 unspecified atom stereocenters. The van der Waals surface area contributed by atoms with Crippen molar-refractivity contribution in [2.45, 2.75) is 11.4 Å². The molecule has 2 rings (SSSR count). The van der Waals surface area contributed by atoms with Crippen molar-refractivity contribution in [2.75, 3.05) is 12.8 Å². The molecule has 7 heteroatoms. The molecule has 0 bridgehead atoms. The molecule has 0 aliphatic carbocycles. The van der Waals surface area contributed by atoms with Crippen LogP contribution in [0.4, 0.5) is 5.69 Å². The molecule has 0 aromatic heterocycles. The molecule has 0 fully saturated rings. The third kappa shape index (κ3) is 3.26. The van der Waals surface area contributed by atoms with Crippen LogP contribution < -0.4 is 5.73 Å². The molecule has 21 heavy (non-hydrogen) atoms. The number of phenolic OH excluding ortho intramolecular Hbond substituents is 2. The maximum atomic E-state index is 12.4. The third-order valence-electron chi connectivity index (χ3n) is 3.05. The second kappa shape index (κ2) is 5.63. The minimum atomic E-state index is -3.71. The Morgan fingerprint density at radius 3 is 2.29 bits per heavy atom. The van der Waals surface area contributed by atoms with E-state index >= 15 is 0 Å². The Labute approximate surface area is 123 Å². The normalized spacial score (nSPS) is 11.7. The summed E-state index contributed by atoms with van der Waals surface area (Å²) in [6.07, 6.45) is 0. The van der Waals surface area contributed by atoms with Crippen LogP contribution in [0.15, 0.2) is 47.4 Å². The zero-order valence-corrected chi connectivity index (χ0v) is 12.2. The minimum absolute atomic E-state index is 0.00843. The fourth-order valence-electron chi connectivity index (χ4n) is 1.82. The number of benzene rings is 2. The Kier molecular flexibility index (Phi) is 4.06. The van der Waals surface area contributed by atoms with Crippen molar-refractivity contribution in [1.82, 2.24) is 4.31 Å². The van der Waals surface area contributed by atoms with Gasteiger partial charge in [-0.05, 0) is 35.9 Å². The zero-order chi connectivity index (χ0) is 15.6. The summed E-state index contributed by atoms with van der Waals surface area (Å²) in [4.78, 5) is 0.0130. The van der Waals surface area contributed by atoms with Crippen molar-refractivity contribution in [3.05, 3.63) is 48.0 Å². The number of hydrogen-bond donors (Lipinski definition) is 3. The second-order valence-corrected chi connectivity index (χ2v) is 6.69. The Bertz CT molecular complexity index is 742. The first-order valence-electron chi connectivity index (χ1n) is 6.13. The number of nitrogen functional groups attached to an aromatic ring is 1. The molecule has 2 aromatic carbocycles. The maximum Gasteiger partial charge on any atom is 0.243 e. The van der Waals surface area contributed by atoms with Gasteiger partial charge in [0.05, 0.1) is 10.6 Å². The highest BCUT2D eigenvalue weighted by atomic mass is 32.2. The highest BCUT2D eigenvalue weighted by Gasteiger charge is 2.21. The lowest BCUT2D eigenvalue weighted by Gasteiger charge is -2.17. The summed E-state index contributed by atoms with van der Waals surface area (Å²) in [5.41, 5.74) is 6.28. The summed E-state index contributed by atoms with van der Waals surface area (Å²) in [6.45, 7) is 0.156. The molecule has 2 aromatic rings. The fraction of sp³-hybridized carbons (Fsp3) is 0.143. The average molecular weight is 308 g/mol. The van der Waals surface area contributed by atoms with Crippen LogP contribution in [-0.4, -0.2) is 30.0 Å². The number of phenols is 2. The molecular weight excluding hydrogens is 292 g/mol. The van der Waals surface area contributed by atoms with E-state index in [1.165, 1.54) is 41.7 Å². The molecule has 0 saturated carbocycles. The van der Waals surface area contributed by atoms with Crippen LogP contribution in [0.5, 0.6) is 11.5 Å². The van der Waals surface area contributed by atoms with Crippen molar-refractivity contribution in [1.29, 1.82) is 0 Å². The van der Waals surface area contributed by atoms with Crippen molar-refractivity contribution in [3.8, 4) is 11.5 Å². The van der Waals surface area contributed by atoms with Crippen molar-refractivity contribution in [3.63, 3.8) is 0 Å². The first-order valence-corrected chi connectivity index (χ1v) is 7.57. The lowest BCUT2D eigenvalue weighted by Crippen LogP contribution is -2.26. The Morgan fingerprint density at radius 1 is 1.10 bits per heavy atom. The second-order valence-electron chi connectivity index (χ2n) is 4.65. The summed E-state index contributed by atoms with van der Waals surface area (Å²) in [5.74, 6) is -0.0364. The van der Waals surface area contributed by atoms with Gasteiger partial charge in [0.2, 0.25) is 10.0 Å². The van der Waals surface area contributed by atoms with E-state index in [4.69, 9.17) is 5.73 Å². The van der Waals surface area contributed by atoms with Crippen molar-refractivity contribution in [2.24, 2.45) is 0 Å². The van der Waals surface area contributed by atoms with E-state index < -0.39 is 10.0 Å². The molecular formula is C14H16N2O4S. The van der Waals surface area contributed by atoms with E-state index in [-0.39, 0.29) is 28.6 Å². The molecule has 0 atom stereocenters. The smallest absolute Gasteiger partial charge is 0.243 e. The molecule has 4 N–H and O–H groups in total. The topological polar surface area (TPSA) is 104 Å². The van der Waals surface area contributed by atoms with E-state index in [1.54, 1.807) is 12.1 Å². The summed E-state index contributed by atoms with van der Waals surface area (Å²) < 4.78 is 26.0. The third-order valence-corrected chi connectivity index (χ3v) is 4.85. The zero-order valence-electron chi connectivity index (χ0n) is 11.4. The number of aromatic hydroxyl groups is 2. The van der Waals surface area contributed by atoms with Gasteiger partial charge in [0, 0.05) is 13.6 Å². The first-order chi connectivity index (χ1) is 9.80. The summed E-state index contributed by atoms with van der Waals surface area (Å²) in [7, 11) is -2.26. The molecule has 0 heterocycles. The van der Waals surface area contributed by atoms with E-state index in [0.717, 1.165) is 5.56 Å². The van der Waals surface area contributed by atoms with E-state index in [9.17, 15) is 18.6 Å². The monoisotopic (exact) mass is 308 g/mol. The van der Waals surface area contributed by atoms with Gasteiger partial charge in [-0.15, -0.1) is 0 Å². The maximum absolute atomic E-state index is 12.4. The lowest BCUT2D eigenvalue weighted by molar-refractivity contribution is 0.463. The van der Waals surface area contributed by atoms with Crippen molar-refractivity contribution >= 4 is 15.7 Å². The molecule has 0 amide bonds. The standard InChI is InChI=1S/C14H16N2O4S/c1-16(9-10-2-4-11(17)5-3-10)21(19,20)12-6-7-14(18)13(15)8-12/h2-8,17-18H,9,15H2,1H3. The van der Waals surface area contributed by atoms with Crippen LogP contribution in [0.25, 0.3) is 0 Å². The van der Waals surface area contributed by atoms with Gasteiger partial charge in [-0.1, -0.05) is 12.1 Å². The SMILES string of the molecule is CN(Cc1ccc(O)cc1)S(=O)(=O)c1ccc(O)c(N)c1. The van der Waals surface area contributed by atoms with E-state index in [0.29, 0.717) is 0 Å². The fourth-order valence-corrected chi connectivity index (χ4v) is 3.01. The highest BCUT2D eigenvalue weighted by Crippen LogP contribution is 2.25. The van der Waals surface area contributed by atoms with Gasteiger partial charge < -0.3 is 15.9 Å². The predicted octanol–water partition coefficient (Wildman–Crippen LogP) is 1.50. The van der Waals surface area contributed by atoms with Gasteiger partial charge in [0.15, 0.2) is 0 Å². The van der Waals surface area contributed by atoms with Crippen LogP contribution in [-0.2, 0) is 16.6 Å². The number of anilines is 1. The van der Waals surface area contributed by atoms with Crippen LogP contribution in [0.1, 0.15) is 5.56 Å². The van der Waals surface area contributed by atoms with Crippen molar-refractivity contribution < 1.29 is 18.6 Å².